The summed E-state index contributed by atoms with van der Waals surface area (Å²) in [7, 11) is 14.6. The first-order valence-electron chi connectivity index (χ1n) is 9.27. The molecule has 0 bridgehead atoms. The van der Waals surface area contributed by atoms with Crippen LogP contribution in [0.1, 0.15) is 27.8 Å². The fourth-order valence-corrected chi connectivity index (χ4v) is 3.50. The zero-order chi connectivity index (χ0) is 21.0. The Morgan fingerprint density at radius 2 is 1.17 bits per heavy atom. The summed E-state index contributed by atoms with van der Waals surface area (Å²) in [5.74, 6) is 0. The van der Waals surface area contributed by atoms with Crippen LogP contribution in [0, 0.1) is 6.92 Å². The highest BCUT2D eigenvalue weighted by Gasteiger charge is 2.03. The molecule has 0 aromatic heterocycles. The van der Waals surface area contributed by atoms with Crippen molar-refractivity contribution < 1.29 is 0 Å². The molecule has 0 saturated heterocycles. The van der Waals surface area contributed by atoms with Crippen molar-refractivity contribution in [3.63, 3.8) is 0 Å². The molecule has 5 heteroatoms. The van der Waals surface area contributed by atoms with Crippen LogP contribution in [0.4, 0.5) is 0 Å². The Kier molecular flexibility index (Phi) is 7.16. The third kappa shape index (κ3) is 5.50. The van der Waals surface area contributed by atoms with Crippen LogP contribution in [-0.4, -0.2) is 23.0 Å². The second kappa shape index (κ2) is 9.61. The van der Waals surface area contributed by atoms with Gasteiger partial charge in [0.25, 0.3) is 0 Å². The average Bonchev–Trinajstić information content (AvgIpc) is 2.69. The zero-order valence-electron chi connectivity index (χ0n) is 16.4. The van der Waals surface area contributed by atoms with Gasteiger partial charge >= 0.3 is 0 Å². The molecule has 0 aliphatic heterocycles. The predicted octanol–water partition coefficient (Wildman–Crippen LogP) is 4.61. The van der Waals surface area contributed by atoms with Gasteiger partial charge in [0, 0.05) is 10.0 Å². The molecule has 137 valence electrons. The molecule has 3 aromatic carbocycles. The molecule has 0 fully saturated rings. The highest BCUT2D eigenvalue weighted by molar-refractivity contribution is 6.53. The molecular weight excluding hydrogens is 392 g/mol. The molecule has 0 atom stereocenters. The van der Waals surface area contributed by atoms with Crippen LogP contribution in [0.25, 0.3) is 24.3 Å². The fourth-order valence-electron chi connectivity index (χ4n) is 3.09. The minimum absolute atomic E-state index is 0.666. The molecule has 0 amide bonds. The molecule has 0 spiro atoms. The molecule has 5 radical (unpaired) electrons. The molecular formula is C24H18B3Cl2. The number of aryl methyl sites for hydroxylation is 1. The van der Waals surface area contributed by atoms with Crippen molar-refractivity contribution in [2.45, 2.75) is 13.7 Å². The third-order valence-electron chi connectivity index (χ3n) is 4.77. The number of hydrogen-bond donors (Lipinski definition) is 0. The van der Waals surface area contributed by atoms with E-state index >= 15 is 0 Å². The smallest absolute Gasteiger partial charge is 0.0890 e. The second-order valence-corrected chi connectivity index (χ2v) is 7.71. The lowest BCUT2D eigenvalue weighted by atomic mass is 9.71. The summed E-state index contributed by atoms with van der Waals surface area (Å²) in [5, 5.41) is 1.44. The van der Waals surface area contributed by atoms with E-state index in [0.29, 0.717) is 15.9 Å². The van der Waals surface area contributed by atoms with E-state index in [0.717, 1.165) is 38.3 Å². The maximum atomic E-state index is 6.28. The summed E-state index contributed by atoms with van der Waals surface area (Å²) in [6.07, 6.45) is 7.98. The van der Waals surface area contributed by atoms with Crippen molar-refractivity contribution in [1.82, 2.24) is 0 Å². The van der Waals surface area contributed by atoms with Crippen molar-refractivity contribution in [1.29, 1.82) is 0 Å². The Labute approximate surface area is 186 Å². The van der Waals surface area contributed by atoms with Gasteiger partial charge in [0.1, 0.15) is 23.0 Å². The van der Waals surface area contributed by atoms with E-state index in [1.807, 2.05) is 93.9 Å². The van der Waals surface area contributed by atoms with Crippen LogP contribution in [-0.2, 0) is 0 Å². The highest BCUT2D eigenvalue weighted by atomic mass is 35.5. The first kappa shape index (κ1) is 21.6. The monoisotopic (exact) mass is 409 g/mol. The average molecular weight is 410 g/mol. The van der Waals surface area contributed by atoms with E-state index < -0.39 is 0 Å². The van der Waals surface area contributed by atoms with Gasteiger partial charge in [0.15, 0.2) is 0 Å². The van der Waals surface area contributed by atoms with Crippen LogP contribution in [0.3, 0.4) is 0 Å². The van der Waals surface area contributed by atoms with E-state index in [-0.39, 0.29) is 0 Å². The predicted molar refractivity (Wildman–Crippen MR) is 134 cm³/mol. The molecule has 0 unspecified atom stereocenters. The molecule has 0 saturated carbocycles. The normalized spacial score (nSPS) is 11.4. The van der Waals surface area contributed by atoms with E-state index in [4.69, 9.17) is 38.9 Å². The van der Waals surface area contributed by atoms with Gasteiger partial charge in [0.05, 0.1) is 0 Å². The Morgan fingerprint density at radius 1 is 0.690 bits per heavy atom. The minimum Gasteiger partial charge on any atom is -0.0890 e. The van der Waals surface area contributed by atoms with E-state index in [1.165, 1.54) is 0 Å². The Hall–Kier alpha value is -2.09. The third-order valence-corrected chi connectivity index (χ3v) is 5.24. The molecule has 3 aromatic rings. The van der Waals surface area contributed by atoms with Crippen molar-refractivity contribution in [3.05, 3.63) is 86.4 Å². The minimum atomic E-state index is 0.666. The molecule has 0 nitrogen and oxygen atoms in total. The first-order valence-corrected chi connectivity index (χ1v) is 10.0. The lowest BCUT2D eigenvalue weighted by Gasteiger charge is -2.09. The largest absolute Gasteiger partial charge is 0.149 e. The van der Waals surface area contributed by atoms with Gasteiger partial charge in [-0.3, -0.25) is 0 Å². The van der Waals surface area contributed by atoms with Gasteiger partial charge in [-0.15, -0.1) is 0 Å². The number of halogens is 2. The topological polar surface area (TPSA) is 0 Å². The summed E-state index contributed by atoms with van der Waals surface area (Å²) in [5.41, 5.74) is 7.41. The molecule has 0 N–H and O–H groups in total. The standard InChI is InChI=1S/C24H18B3Cl2/c1-15-11-20(28)9-7-16(15)3-5-18-12-23(26)19(13-22(18)25)6-4-17-8-10-21(29)14-24(17)27-2/h3-14H,1-2H3/b5-3-,6-4-. The summed E-state index contributed by atoms with van der Waals surface area (Å²) in [4.78, 5) is 0. The summed E-state index contributed by atoms with van der Waals surface area (Å²) in [6.45, 7) is 4.01. The van der Waals surface area contributed by atoms with Gasteiger partial charge in [0.2, 0.25) is 0 Å². The lowest BCUT2D eigenvalue weighted by Crippen LogP contribution is -2.17. The molecule has 0 heterocycles. The van der Waals surface area contributed by atoms with Crippen LogP contribution in [0.15, 0.2) is 48.5 Å². The number of benzene rings is 3. The van der Waals surface area contributed by atoms with E-state index in [1.54, 1.807) is 0 Å². The quantitative estimate of drug-likeness (QED) is 0.426. The Bertz CT molecular complexity index is 1100. The van der Waals surface area contributed by atoms with Gasteiger partial charge in [-0.1, -0.05) is 95.0 Å². The van der Waals surface area contributed by atoms with Crippen LogP contribution in [0.2, 0.25) is 16.9 Å². The van der Waals surface area contributed by atoms with Crippen molar-refractivity contribution in [3.8, 4) is 0 Å². The van der Waals surface area contributed by atoms with Gasteiger partial charge < -0.3 is 0 Å². The SMILES string of the molecule is [B]c1cc(/C=C\c2ccc(Cl)cc2[B]C)c([B])cc1/C=C\c1ccc(Cl)cc1C. The van der Waals surface area contributed by atoms with Crippen LogP contribution < -0.4 is 16.4 Å². The Balaban J connectivity index is 1.87. The van der Waals surface area contributed by atoms with Crippen molar-refractivity contribution >= 4 is 86.9 Å². The van der Waals surface area contributed by atoms with Gasteiger partial charge in [-0.05, 0) is 59.0 Å². The summed E-state index contributed by atoms with van der Waals surface area (Å²) >= 11 is 12.1. The van der Waals surface area contributed by atoms with E-state index in [9.17, 15) is 0 Å². The van der Waals surface area contributed by atoms with Gasteiger partial charge in [-0.2, -0.15) is 0 Å². The summed E-state index contributed by atoms with van der Waals surface area (Å²) in [6, 6.07) is 15.4. The molecule has 0 aliphatic rings. The number of rotatable bonds is 5. The zero-order valence-corrected chi connectivity index (χ0v) is 17.9. The molecule has 29 heavy (non-hydrogen) atoms. The molecule has 0 aliphatic carbocycles. The lowest BCUT2D eigenvalue weighted by molar-refractivity contribution is 1.45. The molecule has 3 rings (SSSR count). The highest BCUT2D eigenvalue weighted by Crippen LogP contribution is 2.17. The maximum Gasteiger partial charge on any atom is 0.149 e. The maximum absolute atomic E-state index is 6.28. The van der Waals surface area contributed by atoms with Crippen molar-refractivity contribution in [2.75, 3.05) is 0 Å². The van der Waals surface area contributed by atoms with Crippen LogP contribution in [0.5, 0.6) is 0 Å². The van der Waals surface area contributed by atoms with E-state index in [2.05, 4.69) is 0 Å². The Morgan fingerprint density at radius 3 is 1.72 bits per heavy atom. The summed E-state index contributed by atoms with van der Waals surface area (Å²) < 4.78 is 0. The van der Waals surface area contributed by atoms with Crippen LogP contribution >= 0.6 is 23.2 Å². The number of hydrogen-bond acceptors (Lipinski definition) is 0. The fraction of sp³-hybridized carbons (Fsp3) is 0.0833. The second-order valence-electron chi connectivity index (χ2n) is 6.84. The van der Waals surface area contributed by atoms with Crippen molar-refractivity contribution in [2.24, 2.45) is 0 Å². The first-order chi connectivity index (χ1) is 13.9. The van der Waals surface area contributed by atoms with Gasteiger partial charge in [-0.25, -0.2) is 0 Å².